The average Bonchev–Trinajstić information content (AvgIpc) is 3.26. The summed E-state index contributed by atoms with van der Waals surface area (Å²) < 4.78 is 0.905. The van der Waals surface area contributed by atoms with Crippen molar-refractivity contribution in [3.8, 4) is 0 Å². The van der Waals surface area contributed by atoms with Crippen molar-refractivity contribution in [1.29, 1.82) is 0 Å². The molecular formula is C25H35N3O3S3. The van der Waals surface area contributed by atoms with Crippen LogP contribution in [0.2, 0.25) is 0 Å². The minimum Gasteiger partial charge on any atom is -0.481 e. The number of rotatable bonds is 11. The number of nitrogens with zero attached hydrogens (tertiary/aromatic N) is 2. The maximum Gasteiger partial charge on any atom is 0.323 e. The number of carboxylic acid groups (broad SMARTS) is 1. The van der Waals surface area contributed by atoms with Gasteiger partial charge in [-0.25, -0.2) is 9.78 Å². The van der Waals surface area contributed by atoms with E-state index in [4.69, 9.17) is 0 Å². The Morgan fingerprint density at radius 1 is 1.18 bits per heavy atom. The molecule has 2 N–H and O–H groups in total. The number of thioether (sulfide) groups is 2. The molecule has 1 aliphatic carbocycles. The molecule has 6 nitrogen and oxygen atoms in total. The lowest BCUT2D eigenvalue weighted by atomic mass is 9.86. The average molecular weight is 522 g/mol. The topological polar surface area (TPSA) is 82.5 Å². The fourth-order valence-corrected chi connectivity index (χ4v) is 6.61. The summed E-state index contributed by atoms with van der Waals surface area (Å²) in [6, 6.07) is 10.5. The van der Waals surface area contributed by atoms with Gasteiger partial charge >= 0.3 is 12.0 Å². The van der Waals surface area contributed by atoms with Crippen molar-refractivity contribution in [3.63, 3.8) is 0 Å². The third kappa shape index (κ3) is 8.20. The molecule has 0 spiro atoms. The van der Waals surface area contributed by atoms with Gasteiger partial charge in [0.1, 0.15) is 0 Å². The van der Waals surface area contributed by atoms with Crippen LogP contribution < -0.4 is 5.32 Å². The highest BCUT2D eigenvalue weighted by atomic mass is 32.2. The number of anilines is 1. The number of carbonyl (C=O) groups excluding carboxylic acids is 1. The Hall–Kier alpha value is -1.71. The van der Waals surface area contributed by atoms with Gasteiger partial charge in [0.15, 0.2) is 5.13 Å². The first kappa shape index (κ1) is 26.9. The molecule has 3 rings (SSSR count). The highest BCUT2D eigenvalue weighted by Gasteiger charge is 2.29. The maximum atomic E-state index is 13.3. The van der Waals surface area contributed by atoms with Crippen molar-refractivity contribution in [1.82, 2.24) is 9.88 Å². The van der Waals surface area contributed by atoms with E-state index in [1.165, 1.54) is 28.0 Å². The van der Waals surface area contributed by atoms with Gasteiger partial charge in [-0.3, -0.25) is 10.1 Å². The van der Waals surface area contributed by atoms with Crippen LogP contribution in [-0.2, 0) is 4.79 Å². The zero-order chi connectivity index (χ0) is 24.6. The van der Waals surface area contributed by atoms with Gasteiger partial charge in [0.2, 0.25) is 0 Å². The molecule has 1 heterocycles. The molecule has 1 saturated carbocycles. The Bertz CT molecular complexity index is 928. The number of hydrogen-bond acceptors (Lipinski definition) is 6. The van der Waals surface area contributed by atoms with E-state index in [9.17, 15) is 14.7 Å². The summed E-state index contributed by atoms with van der Waals surface area (Å²) in [7, 11) is 0. The van der Waals surface area contributed by atoms with Crippen LogP contribution in [-0.4, -0.2) is 51.1 Å². The van der Waals surface area contributed by atoms with Crippen molar-refractivity contribution in [3.05, 3.63) is 36.5 Å². The van der Waals surface area contributed by atoms with E-state index in [0.29, 0.717) is 10.9 Å². The Kier molecular flexibility index (Phi) is 10.2. The normalized spacial score (nSPS) is 18.4. The second-order valence-corrected chi connectivity index (χ2v) is 13.0. The molecule has 186 valence electrons. The van der Waals surface area contributed by atoms with E-state index < -0.39 is 11.4 Å². The monoisotopic (exact) mass is 521 g/mol. The summed E-state index contributed by atoms with van der Waals surface area (Å²) in [5.74, 6) is 1.32. The number of carbonyl (C=O) groups is 2. The first-order chi connectivity index (χ1) is 16.2. The summed E-state index contributed by atoms with van der Waals surface area (Å²) in [5.41, 5.74) is -0.815. The van der Waals surface area contributed by atoms with Gasteiger partial charge in [0.05, 0.1) is 15.8 Å². The Balaban J connectivity index is 1.56. The van der Waals surface area contributed by atoms with Crippen LogP contribution in [0.15, 0.2) is 45.6 Å². The van der Waals surface area contributed by atoms with Crippen LogP contribution in [0.25, 0.3) is 0 Å². The molecule has 0 radical (unpaired) electrons. The molecule has 0 unspecified atom stereocenters. The number of amides is 2. The molecular weight excluding hydrogens is 486 g/mol. The van der Waals surface area contributed by atoms with Crippen molar-refractivity contribution < 1.29 is 14.7 Å². The standard InChI is InChI=1S/C25H35N3O3S3/c1-18-10-12-19(13-11-18)28(14-7-15-32-20-8-5-4-6-9-20)24(31)27-23-26-16-21(34-23)33-17-25(2,3)22(29)30/h4-6,8-9,16,18-19H,7,10-15,17H2,1-3H3,(H,29,30)(H,26,27,31). The van der Waals surface area contributed by atoms with Crippen molar-refractivity contribution >= 4 is 52.0 Å². The molecule has 2 amide bonds. The number of aromatic nitrogens is 1. The maximum absolute atomic E-state index is 13.3. The zero-order valence-electron chi connectivity index (χ0n) is 20.2. The SMILES string of the molecule is CC1CCC(N(CCCSc2ccccc2)C(=O)Nc2ncc(SCC(C)(C)C(=O)O)s2)CC1. The molecule has 0 atom stereocenters. The highest BCUT2D eigenvalue weighted by molar-refractivity contribution is 8.01. The first-order valence-electron chi connectivity index (χ1n) is 11.8. The Labute approximate surface area is 215 Å². The highest BCUT2D eigenvalue weighted by Crippen LogP contribution is 2.34. The Morgan fingerprint density at radius 3 is 2.56 bits per heavy atom. The third-order valence-corrected chi connectivity index (χ3v) is 9.76. The third-order valence-electron chi connectivity index (χ3n) is 6.09. The number of benzene rings is 1. The van der Waals surface area contributed by atoms with Crippen LogP contribution >= 0.6 is 34.9 Å². The van der Waals surface area contributed by atoms with E-state index >= 15 is 0 Å². The smallest absolute Gasteiger partial charge is 0.323 e. The van der Waals surface area contributed by atoms with Gasteiger partial charge in [-0.1, -0.05) is 36.5 Å². The first-order valence-corrected chi connectivity index (χ1v) is 14.6. The second-order valence-electron chi connectivity index (χ2n) is 9.51. The lowest BCUT2D eigenvalue weighted by Crippen LogP contribution is -2.45. The molecule has 1 aliphatic rings. The summed E-state index contributed by atoms with van der Waals surface area (Å²) in [6.45, 7) is 6.44. The molecule has 2 aromatic rings. The van der Waals surface area contributed by atoms with Crippen LogP contribution in [0.3, 0.4) is 0 Å². The lowest BCUT2D eigenvalue weighted by molar-refractivity contribution is -0.145. The molecule has 1 aromatic heterocycles. The quantitative estimate of drug-likeness (QED) is 0.246. The van der Waals surface area contributed by atoms with Gasteiger partial charge in [-0.2, -0.15) is 0 Å². The number of carboxylic acids is 1. The predicted octanol–water partition coefficient (Wildman–Crippen LogP) is 6.94. The summed E-state index contributed by atoms with van der Waals surface area (Å²) in [5, 5.41) is 12.9. The number of nitrogens with one attached hydrogen (secondary N) is 1. The fraction of sp³-hybridized carbons (Fsp3) is 0.560. The van der Waals surface area contributed by atoms with E-state index in [1.807, 2.05) is 22.7 Å². The van der Waals surface area contributed by atoms with Crippen molar-refractivity contribution in [2.75, 3.05) is 23.4 Å². The van der Waals surface area contributed by atoms with Crippen molar-refractivity contribution in [2.45, 2.75) is 68.0 Å². The van der Waals surface area contributed by atoms with Crippen LogP contribution in [0.4, 0.5) is 9.93 Å². The van der Waals surface area contributed by atoms with E-state index in [1.54, 1.807) is 20.0 Å². The number of urea groups is 1. The molecule has 1 aromatic carbocycles. The summed E-state index contributed by atoms with van der Waals surface area (Å²) >= 11 is 4.69. The van der Waals surface area contributed by atoms with Gasteiger partial charge in [0.25, 0.3) is 0 Å². The number of hydrogen-bond donors (Lipinski definition) is 2. The van der Waals surface area contributed by atoms with E-state index in [-0.39, 0.29) is 12.1 Å². The minimum atomic E-state index is -0.819. The number of thiazole rings is 1. The molecule has 0 saturated heterocycles. The summed E-state index contributed by atoms with van der Waals surface area (Å²) in [4.78, 5) is 32.2. The van der Waals surface area contributed by atoms with Crippen molar-refractivity contribution in [2.24, 2.45) is 11.3 Å². The van der Waals surface area contributed by atoms with E-state index in [0.717, 1.165) is 54.5 Å². The minimum absolute atomic E-state index is 0.0824. The van der Waals surface area contributed by atoms with Gasteiger partial charge < -0.3 is 10.0 Å². The van der Waals surface area contributed by atoms with E-state index in [2.05, 4.69) is 41.5 Å². The summed E-state index contributed by atoms with van der Waals surface area (Å²) in [6.07, 6.45) is 7.05. The van der Waals surface area contributed by atoms with Gasteiger partial charge in [-0.05, 0) is 69.8 Å². The lowest BCUT2D eigenvalue weighted by Gasteiger charge is -2.36. The van der Waals surface area contributed by atoms with Gasteiger partial charge in [0, 0.05) is 23.2 Å². The molecule has 0 bridgehead atoms. The molecule has 34 heavy (non-hydrogen) atoms. The molecule has 1 fully saturated rings. The van der Waals surface area contributed by atoms with Crippen LogP contribution in [0, 0.1) is 11.3 Å². The predicted molar refractivity (Wildman–Crippen MR) is 143 cm³/mol. The molecule has 0 aliphatic heterocycles. The van der Waals surface area contributed by atoms with Gasteiger partial charge in [-0.15, -0.1) is 23.5 Å². The largest absolute Gasteiger partial charge is 0.481 e. The molecule has 9 heteroatoms. The van der Waals surface area contributed by atoms with Crippen LogP contribution in [0.5, 0.6) is 0 Å². The number of aliphatic carboxylic acids is 1. The zero-order valence-corrected chi connectivity index (χ0v) is 22.6. The Morgan fingerprint density at radius 2 is 1.88 bits per heavy atom. The van der Waals surface area contributed by atoms with Crippen LogP contribution in [0.1, 0.15) is 52.9 Å². The second kappa shape index (κ2) is 12.8. The fourth-order valence-electron chi connectivity index (χ4n) is 3.81.